The van der Waals surface area contributed by atoms with E-state index in [9.17, 15) is 0 Å². The number of nitriles is 1. The highest BCUT2D eigenvalue weighted by molar-refractivity contribution is 6.36. The van der Waals surface area contributed by atoms with Gasteiger partial charge in [0.2, 0.25) is 12.2 Å². The van der Waals surface area contributed by atoms with Gasteiger partial charge in [0.25, 0.3) is 0 Å². The van der Waals surface area contributed by atoms with E-state index in [-0.39, 0.29) is 12.0 Å². The van der Waals surface area contributed by atoms with Crippen molar-refractivity contribution in [2.45, 2.75) is 12.6 Å². The Bertz CT molecular complexity index is 1060. The van der Waals surface area contributed by atoms with Crippen LogP contribution in [-0.2, 0) is 6.54 Å². The molecule has 1 heterocycles. The Kier molecular flexibility index (Phi) is 7.24. The van der Waals surface area contributed by atoms with Crippen LogP contribution in [-0.4, -0.2) is 15.5 Å². The van der Waals surface area contributed by atoms with Crippen LogP contribution in [0.4, 0.5) is 5.69 Å². The van der Waals surface area contributed by atoms with Crippen LogP contribution in [0.2, 0.25) is 20.1 Å². The number of hydrogen-bond acceptors (Lipinski definition) is 3. The summed E-state index contributed by atoms with van der Waals surface area (Å²) in [6.07, 6.45) is 6.95. The second-order valence-corrected chi connectivity index (χ2v) is 7.62. The topological polar surface area (TPSA) is 78.0 Å². The molecular formula is C19H14Cl4N6. The van der Waals surface area contributed by atoms with Gasteiger partial charge < -0.3 is 15.2 Å². The van der Waals surface area contributed by atoms with Crippen LogP contribution in [0.15, 0.2) is 60.1 Å². The lowest BCUT2D eigenvalue weighted by Gasteiger charge is -2.23. The van der Waals surface area contributed by atoms with Gasteiger partial charge in [-0.05, 0) is 35.9 Å². The lowest BCUT2D eigenvalue weighted by molar-refractivity contribution is 0.531. The van der Waals surface area contributed by atoms with Crippen LogP contribution in [0.25, 0.3) is 0 Å². The van der Waals surface area contributed by atoms with Crippen LogP contribution in [0.3, 0.4) is 0 Å². The molecule has 0 bridgehead atoms. The van der Waals surface area contributed by atoms with Crippen molar-refractivity contribution in [3.05, 3.63) is 80.8 Å². The number of benzene rings is 2. The molecule has 0 saturated heterocycles. The molecule has 6 nitrogen and oxygen atoms in total. The minimum atomic E-state index is -0.355. The Morgan fingerprint density at radius 1 is 1.10 bits per heavy atom. The highest BCUT2D eigenvalue weighted by Gasteiger charge is 2.18. The predicted molar refractivity (Wildman–Crippen MR) is 118 cm³/mol. The van der Waals surface area contributed by atoms with Crippen molar-refractivity contribution in [2.24, 2.45) is 4.99 Å². The maximum atomic E-state index is 9.13. The van der Waals surface area contributed by atoms with Crippen molar-refractivity contribution in [1.82, 2.24) is 14.9 Å². The Labute approximate surface area is 187 Å². The fourth-order valence-electron chi connectivity index (χ4n) is 2.64. The normalized spacial score (nSPS) is 12.3. The van der Waals surface area contributed by atoms with Crippen LogP contribution >= 0.6 is 46.4 Å². The van der Waals surface area contributed by atoms with Gasteiger partial charge in [-0.1, -0.05) is 52.5 Å². The molecule has 0 saturated carbocycles. The summed E-state index contributed by atoms with van der Waals surface area (Å²) >= 11 is 24.7. The molecule has 3 aromatic rings. The molecule has 2 N–H and O–H groups in total. The van der Waals surface area contributed by atoms with Gasteiger partial charge >= 0.3 is 0 Å². The van der Waals surface area contributed by atoms with Crippen molar-refractivity contribution in [1.29, 1.82) is 5.26 Å². The smallest absolute Gasteiger partial charge is 0.212 e. The average molecular weight is 468 g/mol. The van der Waals surface area contributed by atoms with Crippen molar-refractivity contribution in [2.75, 3.05) is 5.32 Å². The van der Waals surface area contributed by atoms with E-state index < -0.39 is 0 Å². The molecule has 0 amide bonds. The second kappa shape index (κ2) is 9.86. The molecule has 10 heteroatoms. The number of halogens is 4. The van der Waals surface area contributed by atoms with E-state index in [1.165, 1.54) is 0 Å². The summed E-state index contributed by atoms with van der Waals surface area (Å²) in [4.78, 5) is 7.90. The molecular weight excluding hydrogens is 454 g/mol. The van der Waals surface area contributed by atoms with Gasteiger partial charge in [-0.15, -0.1) is 4.99 Å². The van der Waals surface area contributed by atoms with Gasteiger partial charge in [-0.25, -0.2) is 4.98 Å². The SMILES string of the molecule is N#C/N=C(\Nc1cc(Cl)ccc1Cl)NC(Cn1ccnc1)c1ccc(Cl)cc1Cl. The number of guanidine groups is 1. The molecule has 29 heavy (non-hydrogen) atoms. The van der Waals surface area contributed by atoms with Gasteiger partial charge in [0.05, 0.1) is 23.1 Å². The molecule has 0 spiro atoms. The van der Waals surface area contributed by atoms with E-state index in [0.29, 0.717) is 32.3 Å². The number of hydrogen-bond donors (Lipinski definition) is 2. The molecule has 0 aliphatic heterocycles. The zero-order valence-electron chi connectivity index (χ0n) is 14.8. The summed E-state index contributed by atoms with van der Waals surface area (Å²) in [5.74, 6) is 0.188. The van der Waals surface area contributed by atoms with Crippen molar-refractivity contribution >= 4 is 58.1 Å². The van der Waals surface area contributed by atoms with Gasteiger partial charge in [0.15, 0.2) is 0 Å². The van der Waals surface area contributed by atoms with Gasteiger partial charge in [0.1, 0.15) is 0 Å². The van der Waals surface area contributed by atoms with Gasteiger partial charge in [-0.2, -0.15) is 5.26 Å². The second-order valence-electron chi connectivity index (χ2n) is 5.93. The van der Waals surface area contributed by atoms with Crippen molar-refractivity contribution in [3.63, 3.8) is 0 Å². The molecule has 3 rings (SSSR count). The van der Waals surface area contributed by atoms with Crippen LogP contribution in [0, 0.1) is 11.5 Å². The Morgan fingerprint density at radius 2 is 1.86 bits per heavy atom. The van der Waals surface area contributed by atoms with Gasteiger partial charge in [-0.3, -0.25) is 0 Å². The average Bonchev–Trinajstić information content (AvgIpc) is 3.17. The largest absolute Gasteiger partial charge is 0.347 e. The third-order valence-electron chi connectivity index (χ3n) is 3.94. The summed E-state index contributed by atoms with van der Waals surface area (Å²) in [7, 11) is 0. The monoisotopic (exact) mass is 466 g/mol. The molecule has 2 aromatic carbocycles. The van der Waals surface area contributed by atoms with Gasteiger partial charge in [0, 0.05) is 34.0 Å². The summed E-state index contributed by atoms with van der Waals surface area (Å²) in [5, 5.41) is 17.3. The van der Waals surface area contributed by atoms with Crippen LogP contribution in [0.5, 0.6) is 0 Å². The molecule has 0 fully saturated rings. The maximum absolute atomic E-state index is 9.13. The number of nitrogens with zero attached hydrogens (tertiary/aromatic N) is 4. The number of imidazole rings is 1. The van der Waals surface area contributed by atoms with E-state index in [0.717, 1.165) is 5.56 Å². The first kappa shape index (κ1) is 21.3. The highest BCUT2D eigenvalue weighted by Crippen LogP contribution is 2.29. The minimum absolute atomic E-state index is 0.188. The molecule has 0 aliphatic carbocycles. The molecule has 0 radical (unpaired) electrons. The van der Waals surface area contributed by atoms with Crippen LogP contribution < -0.4 is 10.6 Å². The zero-order chi connectivity index (χ0) is 20.8. The first-order chi connectivity index (χ1) is 14.0. The Morgan fingerprint density at radius 3 is 2.55 bits per heavy atom. The number of rotatable bonds is 5. The van der Waals surface area contributed by atoms with E-state index in [1.54, 1.807) is 49.0 Å². The van der Waals surface area contributed by atoms with E-state index in [1.807, 2.05) is 16.8 Å². The maximum Gasteiger partial charge on any atom is 0.212 e. The zero-order valence-corrected chi connectivity index (χ0v) is 17.8. The third kappa shape index (κ3) is 5.78. The molecule has 1 aromatic heterocycles. The quantitative estimate of drug-likeness (QED) is 0.283. The van der Waals surface area contributed by atoms with Crippen molar-refractivity contribution < 1.29 is 0 Å². The lowest BCUT2D eigenvalue weighted by Crippen LogP contribution is -2.36. The first-order valence-electron chi connectivity index (χ1n) is 8.32. The number of aliphatic imine (C=N–C) groups is 1. The Hall–Kier alpha value is -2.43. The summed E-state index contributed by atoms with van der Waals surface area (Å²) < 4.78 is 1.87. The number of nitrogens with one attached hydrogen (secondary N) is 2. The standard InChI is InChI=1S/C19H14Cl4N6/c20-12-1-3-14(16(23)7-12)18(9-29-6-5-25-11-29)28-19(26-10-24)27-17-8-13(21)2-4-15(17)22/h1-8,11,18H,9H2,(H2,26,27,28). The molecule has 148 valence electrons. The third-order valence-corrected chi connectivity index (χ3v) is 5.07. The van der Waals surface area contributed by atoms with E-state index >= 15 is 0 Å². The minimum Gasteiger partial charge on any atom is -0.347 e. The van der Waals surface area contributed by atoms with E-state index in [4.69, 9.17) is 51.7 Å². The van der Waals surface area contributed by atoms with E-state index in [2.05, 4.69) is 20.6 Å². The highest BCUT2D eigenvalue weighted by atomic mass is 35.5. The number of aromatic nitrogens is 2. The molecule has 1 atom stereocenters. The first-order valence-corrected chi connectivity index (χ1v) is 9.83. The van der Waals surface area contributed by atoms with Crippen LogP contribution in [0.1, 0.15) is 11.6 Å². The fourth-order valence-corrected chi connectivity index (χ4v) is 3.52. The fraction of sp³-hybridized carbons (Fsp3) is 0.105. The number of anilines is 1. The summed E-state index contributed by atoms with van der Waals surface area (Å²) in [5.41, 5.74) is 1.28. The van der Waals surface area contributed by atoms with Crippen molar-refractivity contribution in [3.8, 4) is 6.19 Å². The molecule has 0 aliphatic rings. The lowest BCUT2D eigenvalue weighted by atomic mass is 10.1. The summed E-state index contributed by atoms with van der Waals surface area (Å²) in [6, 6.07) is 9.81. The molecule has 1 unspecified atom stereocenters. The summed E-state index contributed by atoms with van der Waals surface area (Å²) in [6.45, 7) is 0.469. The predicted octanol–water partition coefficient (Wildman–Crippen LogP) is 5.78. The Balaban J connectivity index is 1.92.